The molecule has 0 aliphatic heterocycles. The minimum atomic E-state index is -0.213. The number of methoxy groups -OCH3 is 1. The van der Waals surface area contributed by atoms with E-state index in [1.54, 1.807) is 23.9 Å². The molecule has 0 bridgehead atoms. The summed E-state index contributed by atoms with van der Waals surface area (Å²) in [6, 6.07) is 7.23. The van der Waals surface area contributed by atoms with Gasteiger partial charge in [0.15, 0.2) is 0 Å². The van der Waals surface area contributed by atoms with Crippen molar-refractivity contribution >= 4 is 29.3 Å². The van der Waals surface area contributed by atoms with Crippen LogP contribution in [0.3, 0.4) is 0 Å². The molecule has 1 aromatic carbocycles. The highest BCUT2D eigenvalue weighted by Crippen LogP contribution is 2.21. The van der Waals surface area contributed by atoms with Gasteiger partial charge in [-0.15, -0.1) is 0 Å². The van der Waals surface area contributed by atoms with Gasteiger partial charge in [0.1, 0.15) is 0 Å². The number of benzene rings is 1. The van der Waals surface area contributed by atoms with E-state index in [4.69, 9.17) is 16.1 Å². The topological polar surface area (TPSA) is 65.2 Å². The molecule has 2 rings (SSSR count). The number of aromatic nitrogens is 2. The second-order valence-corrected chi connectivity index (χ2v) is 5.92. The van der Waals surface area contributed by atoms with E-state index in [0.29, 0.717) is 28.2 Å². The van der Waals surface area contributed by atoms with Gasteiger partial charge in [-0.05, 0) is 24.3 Å². The molecule has 1 atom stereocenters. The van der Waals surface area contributed by atoms with Crippen molar-refractivity contribution in [3.63, 3.8) is 0 Å². The third-order valence-corrected chi connectivity index (χ3v) is 4.21. The minimum Gasteiger partial charge on any atom is -0.469 e. The molecule has 0 fully saturated rings. The SMILES string of the molecule is COC(=O)C(C)CSCc1nc(-c2ccc(Cl)cc2)no1. The number of thioether (sulfide) groups is 1. The van der Waals surface area contributed by atoms with Crippen molar-refractivity contribution in [1.29, 1.82) is 0 Å². The van der Waals surface area contributed by atoms with Crippen LogP contribution in [-0.4, -0.2) is 29.0 Å². The maximum Gasteiger partial charge on any atom is 0.309 e. The fourth-order valence-corrected chi connectivity index (χ4v) is 2.65. The maximum absolute atomic E-state index is 11.3. The molecule has 21 heavy (non-hydrogen) atoms. The number of carbonyl (C=O) groups excluding carboxylic acids is 1. The van der Waals surface area contributed by atoms with Gasteiger partial charge in [-0.1, -0.05) is 23.7 Å². The zero-order chi connectivity index (χ0) is 15.2. The average Bonchev–Trinajstić information content (AvgIpc) is 2.95. The Labute approximate surface area is 132 Å². The molecule has 7 heteroatoms. The number of carbonyl (C=O) groups is 1. The van der Waals surface area contributed by atoms with E-state index in [0.717, 1.165) is 5.56 Å². The van der Waals surface area contributed by atoms with Crippen molar-refractivity contribution in [1.82, 2.24) is 10.1 Å². The molecule has 1 aromatic heterocycles. The summed E-state index contributed by atoms with van der Waals surface area (Å²) in [6.07, 6.45) is 0. The van der Waals surface area contributed by atoms with E-state index in [2.05, 4.69) is 14.9 Å². The van der Waals surface area contributed by atoms with E-state index in [1.165, 1.54) is 7.11 Å². The Balaban J connectivity index is 1.89. The summed E-state index contributed by atoms with van der Waals surface area (Å²) < 4.78 is 9.86. The lowest BCUT2D eigenvalue weighted by Gasteiger charge is -2.06. The molecule has 0 aliphatic rings. The van der Waals surface area contributed by atoms with Crippen LogP contribution in [0.1, 0.15) is 12.8 Å². The van der Waals surface area contributed by atoms with Crippen molar-refractivity contribution in [2.75, 3.05) is 12.9 Å². The van der Waals surface area contributed by atoms with Crippen LogP contribution in [-0.2, 0) is 15.3 Å². The first-order valence-corrected chi connectivity index (χ1v) is 7.87. The number of hydrogen-bond acceptors (Lipinski definition) is 6. The fraction of sp³-hybridized carbons (Fsp3) is 0.357. The van der Waals surface area contributed by atoms with E-state index in [9.17, 15) is 4.79 Å². The fourth-order valence-electron chi connectivity index (χ4n) is 1.62. The monoisotopic (exact) mass is 326 g/mol. The molecule has 0 saturated carbocycles. The number of hydrogen-bond donors (Lipinski definition) is 0. The smallest absolute Gasteiger partial charge is 0.309 e. The van der Waals surface area contributed by atoms with Crippen LogP contribution in [0.2, 0.25) is 5.02 Å². The van der Waals surface area contributed by atoms with Crippen molar-refractivity contribution in [2.24, 2.45) is 5.92 Å². The molecule has 0 amide bonds. The van der Waals surface area contributed by atoms with E-state index in [1.807, 2.05) is 19.1 Å². The number of nitrogens with zero attached hydrogens (tertiary/aromatic N) is 2. The lowest BCUT2D eigenvalue weighted by molar-refractivity contribution is -0.143. The average molecular weight is 327 g/mol. The Morgan fingerprint density at radius 1 is 1.43 bits per heavy atom. The maximum atomic E-state index is 11.3. The molecule has 1 heterocycles. The third kappa shape index (κ3) is 4.47. The van der Waals surface area contributed by atoms with E-state index in [-0.39, 0.29) is 11.9 Å². The Morgan fingerprint density at radius 3 is 2.81 bits per heavy atom. The van der Waals surface area contributed by atoms with Gasteiger partial charge in [-0.2, -0.15) is 16.7 Å². The lowest BCUT2D eigenvalue weighted by Crippen LogP contribution is -2.14. The normalized spacial score (nSPS) is 12.1. The second kappa shape index (κ2) is 7.47. The summed E-state index contributed by atoms with van der Waals surface area (Å²) in [6.45, 7) is 1.83. The molecule has 0 saturated heterocycles. The summed E-state index contributed by atoms with van der Waals surface area (Å²) in [5, 5.41) is 4.59. The zero-order valence-corrected chi connectivity index (χ0v) is 13.3. The van der Waals surface area contributed by atoms with Gasteiger partial charge < -0.3 is 9.26 Å². The van der Waals surface area contributed by atoms with Gasteiger partial charge in [-0.3, -0.25) is 4.79 Å². The van der Waals surface area contributed by atoms with Crippen LogP contribution in [0, 0.1) is 5.92 Å². The first-order chi connectivity index (χ1) is 10.1. The number of ether oxygens (including phenoxy) is 1. The van der Waals surface area contributed by atoms with Crippen LogP contribution >= 0.6 is 23.4 Å². The minimum absolute atomic E-state index is 0.154. The Bertz CT molecular complexity index is 601. The molecule has 2 aromatic rings. The predicted octanol–water partition coefficient (Wildman–Crippen LogP) is 3.43. The van der Waals surface area contributed by atoms with Crippen LogP contribution in [0.25, 0.3) is 11.4 Å². The van der Waals surface area contributed by atoms with Crippen LogP contribution in [0.5, 0.6) is 0 Å². The summed E-state index contributed by atoms with van der Waals surface area (Å²) in [7, 11) is 1.39. The molecular weight excluding hydrogens is 312 g/mol. The van der Waals surface area contributed by atoms with Gasteiger partial charge >= 0.3 is 5.97 Å². The summed E-state index contributed by atoms with van der Waals surface area (Å²) in [5.74, 6) is 1.90. The van der Waals surface area contributed by atoms with Crippen LogP contribution in [0.4, 0.5) is 0 Å². The van der Waals surface area contributed by atoms with Crippen molar-refractivity contribution in [2.45, 2.75) is 12.7 Å². The van der Waals surface area contributed by atoms with E-state index >= 15 is 0 Å². The highest BCUT2D eigenvalue weighted by Gasteiger charge is 2.14. The Kier molecular flexibility index (Phi) is 5.64. The molecule has 0 N–H and O–H groups in total. The lowest BCUT2D eigenvalue weighted by atomic mass is 10.2. The molecule has 1 unspecified atom stereocenters. The summed E-state index contributed by atoms with van der Waals surface area (Å²) in [4.78, 5) is 15.6. The molecular formula is C14H15ClN2O3S. The van der Waals surface area contributed by atoms with Crippen molar-refractivity contribution in [3.05, 3.63) is 35.2 Å². The first kappa shape index (κ1) is 15.9. The number of rotatable bonds is 6. The summed E-state index contributed by atoms with van der Waals surface area (Å²) >= 11 is 7.39. The standard InChI is InChI=1S/C14H15ClN2O3S/c1-9(14(18)19-2)7-21-8-12-16-13(17-20-12)10-3-5-11(15)6-4-10/h3-6,9H,7-8H2,1-2H3. The molecule has 0 aliphatic carbocycles. The van der Waals surface area contributed by atoms with Crippen molar-refractivity contribution < 1.29 is 14.1 Å². The quantitative estimate of drug-likeness (QED) is 0.758. The molecule has 5 nitrogen and oxygen atoms in total. The van der Waals surface area contributed by atoms with Crippen LogP contribution in [0.15, 0.2) is 28.8 Å². The Morgan fingerprint density at radius 2 is 2.14 bits per heavy atom. The first-order valence-electron chi connectivity index (χ1n) is 6.34. The van der Waals surface area contributed by atoms with Gasteiger partial charge in [0.05, 0.1) is 18.8 Å². The van der Waals surface area contributed by atoms with Crippen LogP contribution < -0.4 is 0 Å². The van der Waals surface area contributed by atoms with Crippen molar-refractivity contribution in [3.8, 4) is 11.4 Å². The van der Waals surface area contributed by atoms with Gasteiger partial charge in [-0.25, -0.2) is 0 Å². The summed E-state index contributed by atoms with van der Waals surface area (Å²) in [5.41, 5.74) is 0.849. The largest absolute Gasteiger partial charge is 0.469 e. The third-order valence-electron chi connectivity index (χ3n) is 2.77. The second-order valence-electron chi connectivity index (χ2n) is 4.46. The molecule has 112 valence electrons. The van der Waals surface area contributed by atoms with Gasteiger partial charge in [0.2, 0.25) is 11.7 Å². The predicted molar refractivity (Wildman–Crippen MR) is 82.1 cm³/mol. The molecule has 0 spiro atoms. The highest BCUT2D eigenvalue weighted by atomic mass is 35.5. The zero-order valence-electron chi connectivity index (χ0n) is 11.7. The van der Waals surface area contributed by atoms with Gasteiger partial charge in [0.25, 0.3) is 0 Å². The van der Waals surface area contributed by atoms with E-state index < -0.39 is 0 Å². The number of esters is 1. The van der Waals surface area contributed by atoms with Gasteiger partial charge in [0, 0.05) is 16.3 Å². The Hall–Kier alpha value is -1.53. The number of halogens is 1. The highest BCUT2D eigenvalue weighted by molar-refractivity contribution is 7.98. The molecule has 0 radical (unpaired) electrons.